The smallest absolute Gasteiger partial charge is 0.190 e. The van der Waals surface area contributed by atoms with Crippen LogP contribution < -0.4 is 20.1 Å². The first-order chi connectivity index (χ1) is 13.7. The van der Waals surface area contributed by atoms with Crippen LogP contribution in [-0.4, -0.2) is 45.3 Å². The van der Waals surface area contributed by atoms with Gasteiger partial charge in [-0.15, -0.1) is 0 Å². The lowest BCUT2D eigenvalue weighted by atomic mass is 10.1. The van der Waals surface area contributed by atoms with Crippen molar-refractivity contribution in [3.63, 3.8) is 0 Å². The first kappa shape index (κ1) is 19.6. The molecule has 0 bridgehead atoms. The van der Waals surface area contributed by atoms with Crippen molar-refractivity contribution >= 4 is 16.9 Å². The first-order valence-corrected chi connectivity index (χ1v) is 9.45. The van der Waals surface area contributed by atoms with Crippen LogP contribution in [0.25, 0.3) is 10.9 Å². The molecule has 3 aromatic rings. The molecule has 0 saturated heterocycles. The molecule has 0 aliphatic rings. The van der Waals surface area contributed by atoms with Gasteiger partial charge in [-0.2, -0.15) is 0 Å². The summed E-state index contributed by atoms with van der Waals surface area (Å²) in [4.78, 5) is 7.62. The van der Waals surface area contributed by atoms with Crippen LogP contribution in [0, 0.1) is 0 Å². The van der Waals surface area contributed by atoms with E-state index < -0.39 is 0 Å². The molecule has 1 heterocycles. The summed E-state index contributed by atoms with van der Waals surface area (Å²) in [5.41, 5.74) is 3.67. The second-order valence-corrected chi connectivity index (χ2v) is 6.47. The second-order valence-electron chi connectivity index (χ2n) is 6.47. The highest BCUT2D eigenvalue weighted by Crippen LogP contribution is 2.27. The van der Waals surface area contributed by atoms with Crippen LogP contribution in [-0.2, 0) is 12.8 Å². The minimum absolute atomic E-state index is 0.744. The Labute approximate surface area is 166 Å². The first-order valence-electron chi connectivity index (χ1n) is 9.45. The van der Waals surface area contributed by atoms with Gasteiger partial charge >= 0.3 is 0 Å². The Kier molecular flexibility index (Phi) is 6.78. The van der Waals surface area contributed by atoms with Crippen molar-refractivity contribution in [1.82, 2.24) is 15.6 Å². The van der Waals surface area contributed by atoms with E-state index in [9.17, 15) is 0 Å². The molecule has 0 aliphatic carbocycles. The van der Waals surface area contributed by atoms with Gasteiger partial charge in [0.25, 0.3) is 0 Å². The highest BCUT2D eigenvalue weighted by atomic mass is 16.5. The summed E-state index contributed by atoms with van der Waals surface area (Å²) in [5, 5.41) is 8.02. The third kappa shape index (κ3) is 4.76. The molecular formula is C22H28N4O2. The SMILES string of the molecule is CN=C(NCCc1ccc(OC)c(OC)c1)NCCc1c[nH]c2ccccc12. The van der Waals surface area contributed by atoms with Gasteiger partial charge < -0.3 is 25.1 Å². The van der Waals surface area contributed by atoms with Crippen LogP contribution in [0.1, 0.15) is 11.1 Å². The normalized spacial score (nSPS) is 11.5. The van der Waals surface area contributed by atoms with E-state index in [1.54, 1.807) is 21.3 Å². The van der Waals surface area contributed by atoms with E-state index in [0.29, 0.717) is 0 Å². The number of nitrogens with zero attached hydrogens (tertiary/aromatic N) is 1. The number of guanidine groups is 1. The number of methoxy groups -OCH3 is 2. The number of ether oxygens (including phenoxy) is 2. The van der Waals surface area contributed by atoms with Gasteiger partial charge in [-0.1, -0.05) is 24.3 Å². The van der Waals surface area contributed by atoms with Gasteiger partial charge in [-0.3, -0.25) is 4.99 Å². The average molecular weight is 380 g/mol. The summed E-state index contributed by atoms with van der Waals surface area (Å²) >= 11 is 0. The van der Waals surface area contributed by atoms with Crippen LogP contribution in [0.4, 0.5) is 0 Å². The molecule has 3 N–H and O–H groups in total. The lowest BCUT2D eigenvalue weighted by Crippen LogP contribution is -2.39. The molecule has 0 radical (unpaired) electrons. The minimum atomic E-state index is 0.744. The van der Waals surface area contributed by atoms with Crippen LogP contribution in [0.15, 0.2) is 53.7 Å². The largest absolute Gasteiger partial charge is 0.493 e. The van der Waals surface area contributed by atoms with Gasteiger partial charge in [0, 0.05) is 37.2 Å². The Morgan fingerprint density at radius 1 is 0.964 bits per heavy atom. The van der Waals surface area contributed by atoms with Crippen molar-refractivity contribution in [2.75, 3.05) is 34.4 Å². The molecule has 6 nitrogen and oxygen atoms in total. The van der Waals surface area contributed by atoms with Crippen molar-refractivity contribution in [1.29, 1.82) is 0 Å². The van der Waals surface area contributed by atoms with Gasteiger partial charge in [0.15, 0.2) is 17.5 Å². The van der Waals surface area contributed by atoms with Gasteiger partial charge in [0.1, 0.15) is 0 Å². The van der Waals surface area contributed by atoms with E-state index in [0.717, 1.165) is 43.4 Å². The average Bonchev–Trinajstić information content (AvgIpc) is 3.15. The summed E-state index contributed by atoms with van der Waals surface area (Å²) in [6.45, 7) is 1.60. The third-order valence-electron chi connectivity index (χ3n) is 4.74. The number of aromatic nitrogens is 1. The summed E-state index contributed by atoms with van der Waals surface area (Å²) in [6.07, 6.45) is 3.88. The molecule has 0 amide bonds. The molecule has 0 atom stereocenters. The highest BCUT2D eigenvalue weighted by molar-refractivity contribution is 5.83. The van der Waals surface area contributed by atoms with Crippen LogP contribution in [0.5, 0.6) is 11.5 Å². The molecular weight excluding hydrogens is 352 g/mol. The maximum absolute atomic E-state index is 5.36. The predicted octanol–water partition coefficient (Wildman–Crippen LogP) is 3.14. The van der Waals surface area contributed by atoms with Crippen molar-refractivity contribution in [3.8, 4) is 11.5 Å². The lowest BCUT2D eigenvalue weighted by molar-refractivity contribution is 0.354. The second kappa shape index (κ2) is 9.69. The molecule has 28 heavy (non-hydrogen) atoms. The number of hydrogen-bond acceptors (Lipinski definition) is 3. The number of hydrogen-bond donors (Lipinski definition) is 3. The number of aliphatic imine (C=N–C) groups is 1. The van der Waals surface area contributed by atoms with E-state index in [4.69, 9.17) is 9.47 Å². The number of rotatable bonds is 8. The predicted molar refractivity (Wildman–Crippen MR) is 115 cm³/mol. The molecule has 148 valence electrons. The fourth-order valence-electron chi connectivity index (χ4n) is 3.24. The fourth-order valence-corrected chi connectivity index (χ4v) is 3.24. The lowest BCUT2D eigenvalue weighted by Gasteiger charge is -2.13. The molecule has 2 aromatic carbocycles. The molecule has 3 rings (SSSR count). The fraction of sp³-hybridized carbons (Fsp3) is 0.318. The molecule has 1 aromatic heterocycles. The Bertz CT molecular complexity index is 933. The van der Waals surface area contributed by atoms with Crippen molar-refractivity contribution < 1.29 is 9.47 Å². The quantitative estimate of drug-likeness (QED) is 0.415. The summed E-state index contributed by atoms with van der Waals surface area (Å²) < 4.78 is 10.6. The van der Waals surface area contributed by atoms with E-state index in [1.807, 2.05) is 18.2 Å². The molecule has 0 unspecified atom stereocenters. The zero-order chi connectivity index (χ0) is 19.8. The van der Waals surface area contributed by atoms with Crippen LogP contribution >= 0.6 is 0 Å². The number of fused-ring (bicyclic) bond motifs is 1. The van der Waals surface area contributed by atoms with Gasteiger partial charge in [0.2, 0.25) is 0 Å². The minimum Gasteiger partial charge on any atom is -0.493 e. The van der Waals surface area contributed by atoms with Crippen LogP contribution in [0.3, 0.4) is 0 Å². The van der Waals surface area contributed by atoms with E-state index >= 15 is 0 Å². The standard InChI is InChI=1S/C22H28N4O2/c1-23-22(24-12-10-16-8-9-20(27-2)21(14-16)28-3)25-13-11-17-15-26-19-7-5-4-6-18(17)19/h4-9,14-15,26H,10-13H2,1-3H3,(H2,23,24,25). The number of aromatic amines is 1. The molecule has 6 heteroatoms. The van der Waals surface area contributed by atoms with Gasteiger partial charge in [-0.05, 0) is 42.2 Å². The number of para-hydroxylation sites is 1. The zero-order valence-electron chi connectivity index (χ0n) is 16.7. The van der Waals surface area contributed by atoms with Crippen molar-refractivity contribution in [2.45, 2.75) is 12.8 Å². The van der Waals surface area contributed by atoms with Gasteiger partial charge in [-0.25, -0.2) is 0 Å². The summed E-state index contributed by atoms with van der Waals surface area (Å²) in [6, 6.07) is 14.4. The number of H-pyrrole nitrogens is 1. The number of benzene rings is 2. The zero-order valence-corrected chi connectivity index (χ0v) is 16.7. The maximum Gasteiger partial charge on any atom is 0.190 e. The molecule has 0 saturated carbocycles. The Morgan fingerprint density at radius 2 is 1.71 bits per heavy atom. The maximum atomic E-state index is 5.36. The molecule has 0 aliphatic heterocycles. The monoisotopic (exact) mass is 380 g/mol. The van der Waals surface area contributed by atoms with Crippen LogP contribution in [0.2, 0.25) is 0 Å². The summed E-state index contributed by atoms with van der Waals surface area (Å²) in [5.74, 6) is 2.30. The van der Waals surface area contributed by atoms with Crippen molar-refractivity contribution in [2.24, 2.45) is 4.99 Å². The Balaban J connectivity index is 1.46. The third-order valence-corrected chi connectivity index (χ3v) is 4.74. The van der Waals surface area contributed by atoms with E-state index in [-0.39, 0.29) is 0 Å². The Morgan fingerprint density at radius 3 is 2.46 bits per heavy atom. The van der Waals surface area contributed by atoms with E-state index in [2.05, 4.69) is 51.1 Å². The Hall–Kier alpha value is -3.15. The highest BCUT2D eigenvalue weighted by Gasteiger charge is 2.06. The molecule has 0 spiro atoms. The van der Waals surface area contributed by atoms with E-state index in [1.165, 1.54) is 22.0 Å². The summed E-state index contributed by atoms with van der Waals surface area (Å²) in [7, 11) is 5.09. The van der Waals surface area contributed by atoms with Crippen molar-refractivity contribution in [3.05, 3.63) is 59.8 Å². The number of nitrogens with one attached hydrogen (secondary N) is 3. The van der Waals surface area contributed by atoms with Gasteiger partial charge in [0.05, 0.1) is 14.2 Å². The molecule has 0 fully saturated rings. The topological polar surface area (TPSA) is 70.7 Å².